The standard InChI is InChI=1S/C17H20FNO/c1-3-19-12-14-9-16(18)11-17(10-14)20-13(2)15-7-5-4-6-8-15/h4-11,13,19H,3,12H2,1-2H3. The van der Waals surface area contributed by atoms with E-state index in [-0.39, 0.29) is 11.9 Å². The van der Waals surface area contributed by atoms with E-state index in [1.54, 1.807) is 0 Å². The van der Waals surface area contributed by atoms with Crippen LogP contribution in [-0.4, -0.2) is 6.54 Å². The normalized spacial score (nSPS) is 12.2. The molecule has 0 aromatic heterocycles. The second-order valence-corrected chi connectivity index (χ2v) is 4.75. The molecule has 0 heterocycles. The molecule has 0 saturated carbocycles. The van der Waals surface area contributed by atoms with Gasteiger partial charge in [-0.2, -0.15) is 0 Å². The average molecular weight is 273 g/mol. The van der Waals surface area contributed by atoms with Crippen LogP contribution in [0.1, 0.15) is 31.1 Å². The molecule has 0 aliphatic heterocycles. The van der Waals surface area contributed by atoms with Crippen molar-refractivity contribution >= 4 is 0 Å². The largest absolute Gasteiger partial charge is 0.486 e. The maximum absolute atomic E-state index is 13.6. The Morgan fingerprint density at radius 1 is 1.15 bits per heavy atom. The van der Waals surface area contributed by atoms with Crippen molar-refractivity contribution in [2.75, 3.05) is 6.54 Å². The zero-order valence-electron chi connectivity index (χ0n) is 11.9. The highest BCUT2D eigenvalue weighted by molar-refractivity contribution is 5.30. The van der Waals surface area contributed by atoms with Gasteiger partial charge in [-0.1, -0.05) is 37.3 Å². The predicted molar refractivity (Wildman–Crippen MR) is 79.3 cm³/mol. The molecule has 0 bridgehead atoms. The molecule has 0 aliphatic carbocycles. The summed E-state index contributed by atoms with van der Waals surface area (Å²) in [5.74, 6) is 0.296. The molecule has 0 spiro atoms. The molecular weight excluding hydrogens is 253 g/mol. The van der Waals surface area contributed by atoms with Crippen molar-refractivity contribution in [3.63, 3.8) is 0 Å². The predicted octanol–water partition coefficient (Wildman–Crippen LogP) is 4.08. The number of nitrogens with one attached hydrogen (secondary N) is 1. The second kappa shape index (κ2) is 7.06. The molecule has 2 nitrogen and oxygen atoms in total. The average Bonchev–Trinajstić information content (AvgIpc) is 2.45. The third kappa shape index (κ3) is 4.07. The summed E-state index contributed by atoms with van der Waals surface area (Å²) >= 11 is 0. The minimum atomic E-state index is -0.268. The molecule has 0 amide bonds. The lowest BCUT2D eigenvalue weighted by molar-refractivity contribution is 0.225. The minimum Gasteiger partial charge on any atom is -0.486 e. The van der Waals surface area contributed by atoms with Crippen LogP contribution < -0.4 is 10.1 Å². The summed E-state index contributed by atoms with van der Waals surface area (Å²) in [7, 11) is 0. The fraction of sp³-hybridized carbons (Fsp3) is 0.294. The van der Waals surface area contributed by atoms with Gasteiger partial charge in [0, 0.05) is 12.6 Å². The third-order valence-corrected chi connectivity index (χ3v) is 3.09. The highest BCUT2D eigenvalue weighted by Gasteiger charge is 2.08. The first-order valence-electron chi connectivity index (χ1n) is 6.91. The van der Waals surface area contributed by atoms with Crippen molar-refractivity contribution in [2.45, 2.75) is 26.5 Å². The summed E-state index contributed by atoms with van der Waals surface area (Å²) in [4.78, 5) is 0. The molecule has 20 heavy (non-hydrogen) atoms. The Balaban J connectivity index is 2.10. The number of hydrogen-bond donors (Lipinski definition) is 1. The Morgan fingerprint density at radius 2 is 1.90 bits per heavy atom. The van der Waals surface area contributed by atoms with E-state index in [1.165, 1.54) is 12.1 Å². The number of ether oxygens (including phenoxy) is 1. The molecule has 2 aromatic carbocycles. The molecule has 0 fully saturated rings. The highest BCUT2D eigenvalue weighted by Crippen LogP contribution is 2.23. The second-order valence-electron chi connectivity index (χ2n) is 4.75. The molecule has 2 aromatic rings. The molecule has 2 rings (SSSR count). The summed E-state index contributed by atoms with van der Waals surface area (Å²) in [6.07, 6.45) is -0.106. The topological polar surface area (TPSA) is 21.3 Å². The van der Waals surface area contributed by atoms with E-state index in [1.807, 2.05) is 50.2 Å². The van der Waals surface area contributed by atoms with Crippen molar-refractivity contribution in [1.29, 1.82) is 0 Å². The summed E-state index contributed by atoms with van der Waals surface area (Å²) in [6.45, 7) is 5.48. The molecule has 106 valence electrons. The molecule has 3 heteroatoms. The van der Waals surface area contributed by atoms with Crippen LogP contribution >= 0.6 is 0 Å². The van der Waals surface area contributed by atoms with Crippen LogP contribution in [-0.2, 0) is 6.54 Å². The van der Waals surface area contributed by atoms with Gasteiger partial charge >= 0.3 is 0 Å². The van der Waals surface area contributed by atoms with Crippen molar-refractivity contribution < 1.29 is 9.13 Å². The van der Waals surface area contributed by atoms with Crippen LogP contribution in [0.5, 0.6) is 5.75 Å². The van der Waals surface area contributed by atoms with Gasteiger partial charge in [0.15, 0.2) is 0 Å². The molecule has 0 saturated heterocycles. The van der Waals surface area contributed by atoms with Crippen LogP contribution in [0.3, 0.4) is 0 Å². The third-order valence-electron chi connectivity index (χ3n) is 3.09. The van der Waals surface area contributed by atoms with Crippen LogP contribution in [0, 0.1) is 5.82 Å². The quantitative estimate of drug-likeness (QED) is 0.856. The zero-order valence-corrected chi connectivity index (χ0v) is 11.9. The van der Waals surface area contributed by atoms with Gasteiger partial charge in [0.25, 0.3) is 0 Å². The Bertz CT molecular complexity index is 542. The van der Waals surface area contributed by atoms with Crippen molar-refractivity contribution in [3.05, 3.63) is 65.5 Å². The molecule has 0 aliphatic rings. The maximum Gasteiger partial charge on any atom is 0.127 e. The van der Waals surface area contributed by atoms with E-state index in [9.17, 15) is 4.39 Å². The van der Waals surface area contributed by atoms with Crippen LogP contribution in [0.25, 0.3) is 0 Å². The first-order chi connectivity index (χ1) is 9.69. The number of rotatable bonds is 6. The lowest BCUT2D eigenvalue weighted by atomic mass is 10.1. The van der Waals surface area contributed by atoms with Gasteiger partial charge in [0.1, 0.15) is 17.7 Å². The fourth-order valence-electron chi connectivity index (χ4n) is 2.06. The molecule has 0 radical (unpaired) electrons. The van der Waals surface area contributed by atoms with Crippen LogP contribution in [0.2, 0.25) is 0 Å². The molecular formula is C17H20FNO. The molecule has 1 unspecified atom stereocenters. The van der Waals surface area contributed by atoms with Gasteiger partial charge in [-0.05, 0) is 36.7 Å². The summed E-state index contributed by atoms with van der Waals surface area (Å²) in [6, 6.07) is 14.7. The first kappa shape index (κ1) is 14.5. The van der Waals surface area contributed by atoms with E-state index in [0.717, 1.165) is 17.7 Å². The zero-order chi connectivity index (χ0) is 14.4. The lowest BCUT2D eigenvalue weighted by Crippen LogP contribution is -2.12. The fourth-order valence-corrected chi connectivity index (χ4v) is 2.06. The maximum atomic E-state index is 13.6. The summed E-state index contributed by atoms with van der Waals surface area (Å²) in [5, 5.41) is 3.18. The van der Waals surface area contributed by atoms with Gasteiger partial charge in [-0.25, -0.2) is 4.39 Å². The lowest BCUT2D eigenvalue weighted by Gasteiger charge is -2.16. The van der Waals surface area contributed by atoms with Crippen molar-refractivity contribution in [3.8, 4) is 5.75 Å². The Morgan fingerprint density at radius 3 is 2.60 bits per heavy atom. The monoisotopic (exact) mass is 273 g/mol. The van der Waals surface area contributed by atoms with Crippen LogP contribution in [0.15, 0.2) is 48.5 Å². The smallest absolute Gasteiger partial charge is 0.127 e. The Kier molecular flexibility index (Phi) is 5.13. The van der Waals surface area contributed by atoms with E-state index in [2.05, 4.69) is 5.32 Å². The number of hydrogen-bond acceptors (Lipinski definition) is 2. The van der Waals surface area contributed by atoms with E-state index in [4.69, 9.17) is 4.74 Å². The summed E-state index contributed by atoms with van der Waals surface area (Å²) < 4.78 is 19.4. The Hall–Kier alpha value is -1.87. The minimum absolute atomic E-state index is 0.106. The van der Waals surface area contributed by atoms with Gasteiger partial charge in [-0.3, -0.25) is 0 Å². The molecule has 1 N–H and O–H groups in total. The summed E-state index contributed by atoms with van der Waals surface area (Å²) in [5.41, 5.74) is 1.96. The highest BCUT2D eigenvalue weighted by atomic mass is 19.1. The van der Waals surface area contributed by atoms with Crippen molar-refractivity contribution in [2.24, 2.45) is 0 Å². The van der Waals surface area contributed by atoms with Crippen LogP contribution in [0.4, 0.5) is 4.39 Å². The number of benzene rings is 2. The number of halogens is 1. The van der Waals surface area contributed by atoms with Gasteiger partial charge in [0.2, 0.25) is 0 Å². The van der Waals surface area contributed by atoms with E-state index >= 15 is 0 Å². The van der Waals surface area contributed by atoms with Crippen molar-refractivity contribution in [1.82, 2.24) is 5.32 Å². The first-order valence-corrected chi connectivity index (χ1v) is 6.91. The van der Waals surface area contributed by atoms with Gasteiger partial charge in [0.05, 0.1) is 0 Å². The SMILES string of the molecule is CCNCc1cc(F)cc(OC(C)c2ccccc2)c1. The van der Waals surface area contributed by atoms with Gasteiger partial charge in [-0.15, -0.1) is 0 Å². The van der Waals surface area contributed by atoms with Gasteiger partial charge < -0.3 is 10.1 Å². The van der Waals surface area contributed by atoms with E-state index < -0.39 is 0 Å². The molecule has 1 atom stereocenters. The Labute approximate surface area is 119 Å². The van der Waals surface area contributed by atoms with E-state index in [0.29, 0.717) is 12.3 Å².